The Morgan fingerprint density at radius 3 is 2.61 bits per heavy atom. The van der Waals surface area contributed by atoms with Crippen LogP contribution in [0.4, 0.5) is 0 Å². The Morgan fingerprint density at radius 1 is 1.17 bits per heavy atom. The van der Waals surface area contributed by atoms with E-state index in [4.69, 9.17) is 0 Å². The van der Waals surface area contributed by atoms with Crippen LogP contribution in [0.2, 0.25) is 0 Å². The minimum absolute atomic E-state index is 0.0241. The van der Waals surface area contributed by atoms with Crippen molar-refractivity contribution in [2.75, 3.05) is 6.54 Å². The van der Waals surface area contributed by atoms with E-state index in [0.717, 1.165) is 18.4 Å². The number of allylic oxidation sites excluding steroid dienone is 1. The van der Waals surface area contributed by atoms with Crippen LogP contribution in [0.5, 0.6) is 0 Å². The lowest BCUT2D eigenvalue weighted by Crippen LogP contribution is -2.33. The van der Waals surface area contributed by atoms with Crippen molar-refractivity contribution in [1.82, 2.24) is 10.6 Å². The molecule has 1 aromatic carbocycles. The molecule has 1 aromatic rings. The fraction of sp³-hybridized carbons (Fsp3) is 0.474. The largest absolute Gasteiger partial charge is 0.356 e. The smallest absolute Gasteiger partial charge is 0.222 e. The third-order valence-corrected chi connectivity index (χ3v) is 4.12. The van der Waals surface area contributed by atoms with Gasteiger partial charge in [0.15, 0.2) is 0 Å². The molecule has 1 aliphatic carbocycles. The monoisotopic (exact) mass is 314 g/mol. The molecule has 0 saturated carbocycles. The van der Waals surface area contributed by atoms with Crippen molar-refractivity contribution in [3.05, 3.63) is 47.5 Å². The van der Waals surface area contributed by atoms with Crippen LogP contribution in [0.15, 0.2) is 42.0 Å². The average Bonchev–Trinajstić information content (AvgIpc) is 2.56. The third kappa shape index (κ3) is 6.27. The van der Waals surface area contributed by atoms with Crippen LogP contribution in [0.3, 0.4) is 0 Å². The summed E-state index contributed by atoms with van der Waals surface area (Å²) in [6.07, 6.45) is 8.38. The van der Waals surface area contributed by atoms with Crippen molar-refractivity contribution in [1.29, 1.82) is 0 Å². The molecule has 0 spiro atoms. The molecule has 0 radical (unpaired) electrons. The molecule has 0 fully saturated rings. The van der Waals surface area contributed by atoms with E-state index in [1.807, 2.05) is 30.3 Å². The molecule has 2 amide bonds. The van der Waals surface area contributed by atoms with Gasteiger partial charge in [0.05, 0.1) is 12.5 Å². The first-order valence-corrected chi connectivity index (χ1v) is 8.42. The van der Waals surface area contributed by atoms with Gasteiger partial charge in [-0.15, -0.1) is 0 Å². The quantitative estimate of drug-likeness (QED) is 0.759. The fourth-order valence-corrected chi connectivity index (χ4v) is 2.93. The van der Waals surface area contributed by atoms with Gasteiger partial charge < -0.3 is 10.6 Å². The Morgan fingerprint density at radius 2 is 1.96 bits per heavy atom. The summed E-state index contributed by atoms with van der Waals surface area (Å²) in [5, 5.41) is 5.83. The second kappa shape index (κ2) is 9.13. The van der Waals surface area contributed by atoms with Gasteiger partial charge in [-0.25, -0.2) is 0 Å². The predicted molar refractivity (Wildman–Crippen MR) is 91.8 cm³/mol. The van der Waals surface area contributed by atoms with Gasteiger partial charge in [-0.2, -0.15) is 0 Å². The minimum atomic E-state index is -0.275. The summed E-state index contributed by atoms with van der Waals surface area (Å²) in [7, 11) is 0. The van der Waals surface area contributed by atoms with Crippen LogP contribution < -0.4 is 10.6 Å². The molecule has 1 unspecified atom stereocenters. The number of amides is 2. The second-order valence-electron chi connectivity index (χ2n) is 6.08. The van der Waals surface area contributed by atoms with Gasteiger partial charge in [0.2, 0.25) is 11.8 Å². The van der Waals surface area contributed by atoms with E-state index in [0.29, 0.717) is 6.54 Å². The van der Waals surface area contributed by atoms with Crippen LogP contribution in [0.1, 0.15) is 57.1 Å². The number of hydrogen-bond acceptors (Lipinski definition) is 2. The van der Waals surface area contributed by atoms with E-state index in [1.165, 1.54) is 31.8 Å². The summed E-state index contributed by atoms with van der Waals surface area (Å²) in [5.41, 5.74) is 2.41. The van der Waals surface area contributed by atoms with Crippen LogP contribution in [0, 0.1) is 0 Å². The number of benzene rings is 1. The summed E-state index contributed by atoms with van der Waals surface area (Å²) < 4.78 is 0. The second-order valence-corrected chi connectivity index (χ2v) is 6.08. The van der Waals surface area contributed by atoms with Crippen molar-refractivity contribution in [3.8, 4) is 0 Å². The maximum atomic E-state index is 12.2. The zero-order valence-corrected chi connectivity index (χ0v) is 13.8. The van der Waals surface area contributed by atoms with E-state index < -0.39 is 0 Å². The molecule has 4 heteroatoms. The van der Waals surface area contributed by atoms with E-state index in [2.05, 4.69) is 16.7 Å². The van der Waals surface area contributed by atoms with Gasteiger partial charge in [-0.05, 0) is 37.7 Å². The zero-order chi connectivity index (χ0) is 16.5. The lowest BCUT2D eigenvalue weighted by molar-refractivity contribution is -0.122. The number of rotatable bonds is 7. The van der Waals surface area contributed by atoms with Gasteiger partial charge in [0.1, 0.15) is 0 Å². The van der Waals surface area contributed by atoms with Gasteiger partial charge in [-0.1, -0.05) is 42.0 Å². The summed E-state index contributed by atoms with van der Waals surface area (Å²) >= 11 is 0. The van der Waals surface area contributed by atoms with Crippen LogP contribution in [0.25, 0.3) is 0 Å². The zero-order valence-electron chi connectivity index (χ0n) is 13.8. The Balaban J connectivity index is 1.82. The lowest BCUT2D eigenvalue weighted by Gasteiger charge is -2.18. The van der Waals surface area contributed by atoms with Crippen molar-refractivity contribution in [2.45, 2.75) is 51.5 Å². The molecule has 124 valence electrons. The van der Waals surface area contributed by atoms with Crippen molar-refractivity contribution in [2.24, 2.45) is 0 Å². The van der Waals surface area contributed by atoms with Gasteiger partial charge in [-0.3, -0.25) is 9.59 Å². The van der Waals surface area contributed by atoms with Crippen molar-refractivity contribution >= 4 is 11.8 Å². The van der Waals surface area contributed by atoms with Gasteiger partial charge >= 0.3 is 0 Å². The number of carbonyl (C=O) groups excluding carboxylic acids is 2. The molecule has 1 aliphatic rings. The highest BCUT2D eigenvalue weighted by atomic mass is 16.2. The molecular formula is C19H26N2O2. The maximum absolute atomic E-state index is 12.2. The molecule has 4 nitrogen and oxygen atoms in total. The molecule has 0 bridgehead atoms. The first kappa shape index (κ1) is 17.3. The van der Waals surface area contributed by atoms with Crippen molar-refractivity contribution in [3.63, 3.8) is 0 Å². The van der Waals surface area contributed by atoms with E-state index in [1.54, 1.807) is 0 Å². The van der Waals surface area contributed by atoms with Crippen LogP contribution in [-0.4, -0.2) is 18.4 Å². The predicted octanol–water partition coefficient (Wildman–Crippen LogP) is 3.26. The summed E-state index contributed by atoms with van der Waals surface area (Å²) in [5.74, 6) is -0.150. The normalized spacial score (nSPS) is 15.4. The Hall–Kier alpha value is -2.10. The van der Waals surface area contributed by atoms with Gasteiger partial charge in [0.25, 0.3) is 0 Å². The number of nitrogens with one attached hydrogen (secondary N) is 2. The SMILES string of the molecule is CC(=O)NC(CC(=O)NCCC1=CCCCC1)c1ccccc1. The molecule has 2 rings (SSSR count). The lowest BCUT2D eigenvalue weighted by atomic mass is 9.97. The van der Waals surface area contributed by atoms with Gasteiger partial charge in [0, 0.05) is 13.5 Å². The molecule has 0 heterocycles. The standard InChI is InChI=1S/C19H26N2O2/c1-15(22)21-18(17-10-6-3-7-11-17)14-19(23)20-13-12-16-8-4-2-5-9-16/h3,6-8,10-11,18H,2,4-5,9,12-14H2,1H3,(H,20,23)(H,21,22). The van der Waals surface area contributed by atoms with E-state index in [9.17, 15) is 9.59 Å². The summed E-state index contributed by atoms with van der Waals surface area (Å²) in [6.45, 7) is 2.15. The number of hydrogen-bond donors (Lipinski definition) is 2. The highest BCUT2D eigenvalue weighted by Crippen LogP contribution is 2.20. The molecular weight excluding hydrogens is 288 g/mol. The highest BCUT2D eigenvalue weighted by molar-refractivity contribution is 5.79. The summed E-state index contributed by atoms with van der Waals surface area (Å²) in [6, 6.07) is 9.34. The average molecular weight is 314 g/mol. The first-order valence-electron chi connectivity index (χ1n) is 8.42. The molecule has 1 atom stereocenters. The van der Waals surface area contributed by atoms with E-state index in [-0.39, 0.29) is 24.3 Å². The van der Waals surface area contributed by atoms with Crippen LogP contribution in [-0.2, 0) is 9.59 Å². The minimum Gasteiger partial charge on any atom is -0.356 e. The molecule has 0 aliphatic heterocycles. The fourth-order valence-electron chi connectivity index (χ4n) is 2.93. The Bertz CT molecular complexity index is 552. The van der Waals surface area contributed by atoms with E-state index >= 15 is 0 Å². The van der Waals surface area contributed by atoms with Crippen molar-refractivity contribution < 1.29 is 9.59 Å². The first-order chi connectivity index (χ1) is 11.1. The summed E-state index contributed by atoms with van der Waals surface area (Å²) in [4.78, 5) is 23.5. The maximum Gasteiger partial charge on any atom is 0.222 e. The Kier molecular flexibility index (Phi) is 6.85. The number of carbonyl (C=O) groups is 2. The topological polar surface area (TPSA) is 58.2 Å². The highest BCUT2D eigenvalue weighted by Gasteiger charge is 2.16. The molecule has 0 saturated heterocycles. The van der Waals surface area contributed by atoms with Crippen LogP contribution >= 0.6 is 0 Å². The Labute approximate surface area is 138 Å². The molecule has 23 heavy (non-hydrogen) atoms. The third-order valence-electron chi connectivity index (χ3n) is 4.12. The molecule has 0 aromatic heterocycles. The molecule has 2 N–H and O–H groups in total.